The van der Waals surface area contributed by atoms with E-state index in [-0.39, 0.29) is 40.6 Å². The number of hydrogen-bond acceptors (Lipinski definition) is 14. The predicted octanol–water partition coefficient (Wildman–Crippen LogP) is 1.38. The van der Waals surface area contributed by atoms with E-state index >= 15 is 0 Å². The van der Waals surface area contributed by atoms with Crippen LogP contribution in [0.5, 0.6) is 0 Å². The van der Waals surface area contributed by atoms with Gasteiger partial charge in [0.15, 0.2) is 12.4 Å². The third-order valence-electron chi connectivity index (χ3n) is 17.4. The zero-order valence-corrected chi connectivity index (χ0v) is 34.1. The van der Waals surface area contributed by atoms with Crippen molar-refractivity contribution in [3.05, 3.63) is 11.6 Å². The summed E-state index contributed by atoms with van der Waals surface area (Å²) in [4.78, 5) is 26.4. The van der Waals surface area contributed by atoms with Gasteiger partial charge in [0.25, 0.3) is 0 Å². The van der Waals surface area contributed by atoms with Crippen molar-refractivity contribution in [1.29, 1.82) is 0 Å². The van der Waals surface area contributed by atoms with Crippen LogP contribution in [0.25, 0.3) is 0 Å². The average Bonchev–Trinajstić information content (AvgIpc) is 3.16. The van der Waals surface area contributed by atoms with Gasteiger partial charge in [-0.1, -0.05) is 53.2 Å². The second-order valence-electron chi connectivity index (χ2n) is 20.5. The molecule has 0 radical (unpaired) electrons. The first-order valence-electron chi connectivity index (χ1n) is 21.0. The van der Waals surface area contributed by atoms with Gasteiger partial charge in [0.05, 0.1) is 18.1 Å². The SMILES string of the molecule is CC1(C)[C@@H](O[C@@H]2O[C@H](C(=O)O)C(O)[C@H](O)[C@H]2O)CC[C@]2(C)[C@H]3CC=C4[C@@H]5C[C@](C)(CO)CC[C@]5(C(=O)O[C@@H]5O[C@H](CO)[C@@H](O)[C@H](O)[C@H]5O)CC[C@@]4(C)[C@]3(C)CC[C@@H]12. The number of carboxylic acid groups (broad SMARTS) is 1. The molecule has 0 amide bonds. The number of rotatable bonds is 7. The van der Waals surface area contributed by atoms with Gasteiger partial charge in [-0.15, -0.1) is 0 Å². The van der Waals surface area contributed by atoms with Crippen LogP contribution in [-0.4, -0.2) is 139 Å². The number of carboxylic acids is 1. The van der Waals surface area contributed by atoms with Gasteiger partial charge in [0.2, 0.25) is 6.29 Å². The van der Waals surface area contributed by atoms with Crippen LogP contribution in [0.3, 0.4) is 0 Å². The van der Waals surface area contributed by atoms with Crippen LogP contribution in [0.1, 0.15) is 106 Å². The van der Waals surface area contributed by atoms with Crippen molar-refractivity contribution in [3.8, 4) is 0 Å². The smallest absolute Gasteiger partial charge is 0.335 e. The summed E-state index contributed by atoms with van der Waals surface area (Å²) in [5.41, 5.74) is -1.28. The zero-order chi connectivity index (χ0) is 41.8. The summed E-state index contributed by atoms with van der Waals surface area (Å²) < 4.78 is 23.5. The molecule has 2 saturated heterocycles. The summed E-state index contributed by atoms with van der Waals surface area (Å²) in [5, 5.41) is 93.1. The van der Waals surface area contributed by atoms with Gasteiger partial charge in [0.1, 0.15) is 42.7 Å². The van der Waals surface area contributed by atoms with E-state index < -0.39 is 102 Å². The fourth-order valence-corrected chi connectivity index (χ4v) is 13.6. The Balaban J connectivity index is 1.17. The molecule has 0 spiro atoms. The molecule has 5 aliphatic carbocycles. The monoisotopic (exact) mass is 810 g/mol. The normalized spacial score (nSPS) is 53.3. The van der Waals surface area contributed by atoms with Crippen LogP contribution in [0, 0.1) is 50.2 Å². The molecule has 1 unspecified atom stereocenters. The third-order valence-corrected chi connectivity index (χ3v) is 17.4. The lowest BCUT2D eigenvalue weighted by molar-refractivity contribution is -0.324. The highest BCUT2D eigenvalue weighted by Crippen LogP contribution is 2.76. The summed E-state index contributed by atoms with van der Waals surface area (Å²) in [6.07, 6.45) is -7.44. The summed E-state index contributed by atoms with van der Waals surface area (Å²) in [6, 6.07) is 0. The topological polar surface area (TPSA) is 253 Å². The molecule has 15 nitrogen and oxygen atoms in total. The number of aliphatic carboxylic acids is 1. The second-order valence-corrected chi connectivity index (χ2v) is 20.5. The maximum atomic E-state index is 14.6. The fourth-order valence-electron chi connectivity index (χ4n) is 13.6. The molecule has 324 valence electrons. The number of aliphatic hydroxyl groups excluding tert-OH is 8. The van der Waals surface area contributed by atoms with Gasteiger partial charge in [-0.05, 0) is 109 Å². The molecule has 0 aromatic rings. The molecule has 0 aromatic carbocycles. The zero-order valence-electron chi connectivity index (χ0n) is 34.1. The summed E-state index contributed by atoms with van der Waals surface area (Å²) in [6.45, 7) is 12.8. The molecule has 0 aromatic heterocycles. The van der Waals surface area contributed by atoms with Crippen LogP contribution in [0.15, 0.2) is 11.6 Å². The number of carbonyl (C=O) groups is 2. The average molecular weight is 811 g/mol. The van der Waals surface area contributed by atoms with Crippen molar-refractivity contribution in [1.82, 2.24) is 0 Å². The first-order chi connectivity index (χ1) is 26.5. The molecule has 0 bridgehead atoms. The predicted molar refractivity (Wildman–Crippen MR) is 200 cm³/mol. The van der Waals surface area contributed by atoms with Crippen LogP contribution in [0.2, 0.25) is 0 Å². The Bertz CT molecular complexity index is 1590. The highest BCUT2D eigenvalue weighted by atomic mass is 16.7. The molecular formula is C42H66O15. The third kappa shape index (κ3) is 6.39. The maximum absolute atomic E-state index is 14.6. The Labute approximate surface area is 334 Å². The van der Waals surface area contributed by atoms with E-state index in [1.165, 1.54) is 5.57 Å². The lowest BCUT2D eigenvalue weighted by Gasteiger charge is -2.71. The van der Waals surface area contributed by atoms with Gasteiger partial charge < -0.3 is 64.9 Å². The van der Waals surface area contributed by atoms with Crippen molar-refractivity contribution in [2.75, 3.05) is 13.2 Å². The number of ether oxygens (including phenoxy) is 4. The van der Waals surface area contributed by atoms with Gasteiger partial charge in [0, 0.05) is 6.61 Å². The Morgan fingerprint density at radius 1 is 0.754 bits per heavy atom. The summed E-state index contributed by atoms with van der Waals surface area (Å²) in [7, 11) is 0. The minimum absolute atomic E-state index is 0.0390. The molecule has 2 aliphatic heterocycles. The van der Waals surface area contributed by atoms with Gasteiger partial charge in [-0.2, -0.15) is 0 Å². The number of allylic oxidation sites excluding steroid dienone is 2. The van der Waals surface area contributed by atoms with E-state index in [0.717, 1.165) is 25.7 Å². The van der Waals surface area contributed by atoms with Crippen molar-refractivity contribution >= 4 is 11.9 Å². The van der Waals surface area contributed by atoms with Crippen molar-refractivity contribution in [2.45, 2.75) is 173 Å². The molecular weight excluding hydrogens is 744 g/mol. The van der Waals surface area contributed by atoms with Gasteiger partial charge >= 0.3 is 11.9 Å². The summed E-state index contributed by atoms with van der Waals surface area (Å²) >= 11 is 0. The number of esters is 1. The number of aliphatic hydroxyl groups is 8. The molecule has 15 heteroatoms. The minimum atomic E-state index is -1.80. The Morgan fingerprint density at radius 2 is 1.40 bits per heavy atom. The highest BCUT2D eigenvalue weighted by Gasteiger charge is 2.70. The fraction of sp³-hybridized carbons (Fsp3) is 0.905. The molecule has 57 heavy (non-hydrogen) atoms. The Hall–Kier alpha value is -1.76. The van der Waals surface area contributed by atoms with Crippen LogP contribution in [-0.2, 0) is 28.5 Å². The molecule has 19 atom stereocenters. The second kappa shape index (κ2) is 14.7. The van der Waals surface area contributed by atoms with Crippen LogP contribution < -0.4 is 0 Å². The minimum Gasteiger partial charge on any atom is -0.479 e. The molecule has 4 saturated carbocycles. The molecule has 6 fully saturated rings. The lowest BCUT2D eigenvalue weighted by atomic mass is 9.33. The van der Waals surface area contributed by atoms with Gasteiger partial charge in [-0.25, -0.2) is 4.79 Å². The maximum Gasteiger partial charge on any atom is 0.335 e. The number of hydrogen-bond donors (Lipinski definition) is 9. The van der Waals surface area contributed by atoms with E-state index in [2.05, 4.69) is 47.6 Å². The van der Waals surface area contributed by atoms with Crippen molar-refractivity contribution in [3.63, 3.8) is 0 Å². The largest absolute Gasteiger partial charge is 0.479 e. The highest BCUT2D eigenvalue weighted by molar-refractivity contribution is 5.79. The van der Waals surface area contributed by atoms with E-state index in [0.29, 0.717) is 38.5 Å². The Kier molecular flexibility index (Phi) is 11.2. The van der Waals surface area contributed by atoms with Crippen molar-refractivity contribution < 1.29 is 74.5 Å². The van der Waals surface area contributed by atoms with Gasteiger partial charge in [-0.3, -0.25) is 4.79 Å². The summed E-state index contributed by atoms with van der Waals surface area (Å²) in [5.74, 6) is -1.85. The first-order valence-corrected chi connectivity index (χ1v) is 21.0. The van der Waals surface area contributed by atoms with E-state index in [1.54, 1.807) is 0 Å². The molecule has 9 N–H and O–H groups in total. The molecule has 7 rings (SSSR count). The molecule has 7 aliphatic rings. The quantitative estimate of drug-likeness (QED) is 0.100. The van der Waals surface area contributed by atoms with E-state index in [1.807, 2.05) is 0 Å². The van der Waals surface area contributed by atoms with Crippen LogP contribution >= 0.6 is 0 Å². The molecule has 2 heterocycles. The van der Waals surface area contributed by atoms with E-state index in [9.17, 15) is 55.5 Å². The number of fused-ring (bicyclic) bond motifs is 7. The standard InChI is InChI=1S/C42H66O15/c1-37(2)23-9-12-41(6)24(39(23,4)11-10-25(37)55-35-31(50)28(47)29(48)32(56-35)33(51)52)8-7-20-21-17-38(3,19-44)13-15-42(21,16-14-40(20,41)5)36(53)57-34-30(49)27(46)26(45)22(18-43)54-34/h7,21-32,34-35,43-50H,8-19H2,1-6H3,(H,51,52)/t21-,22+,23-,24+,25-,26+,27-,28-,29?,30+,31+,32-,34-,35+,38+,39-,40+,41+,42-/m0/s1. The Morgan fingerprint density at radius 3 is 2.05 bits per heavy atom. The van der Waals surface area contributed by atoms with Crippen LogP contribution in [0.4, 0.5) is 0 Å². The lowest BCUT2D eigenvalue weighted by Crippen LogP contribution is -2.66. The first kappa shape index (κ1) is 43.3. The van der Waals surface area contributed by atoms with E-state index in [4.69, 9.17) is 18.9 Å². The number of carbonyl (C=O) groups excluding carboxylic acids is 1. The van der Waals surface area contributed by atoms with Crippen molar-refractivity contribution in [2.24, 2.45) is 50.2 Å².